The third-order valence-corrected chi connectivity index (χ3v) is 3.83. The van der Waals surface area contributed by atoms with Gasteiger partial charge in [0.1, 0.15) is 0 Å². The van der Waals surface area contributed by atoms with Crippen LogP contribution in [0.15, 0.2) is 18.2 Å². The highest BCUT2D eigenvalue weighted by Gasteiger charge is 2.33. The van der Waals surface area contributed by atoms with Gasteiger partial charge in [-0.15, -0.1) is 0 Å². The van der Waals surface area contributed by atoms with E-state index < -0.39 is 0 Å². The van der Waals surface area contributed by atoms with Crippen LogP contribution in [0.1, 0.15) is 42.6 Å². The average molecular weight is 204 g/mol. The van der Waals surface area contributed by atoms with E-state index >= 15 is 0 Å². The summed E-state index contributed by atoms with van der Waals surface area (Å²) in [6.07, 6.45) is 2.31. The van der Waals surface area contributed by atoms with Crippen molar-refractivity contribution in [2.24, 2.45) is 11.8 Å². The molecule has 2 rings (SSSR count). The lowest BCUT2D eigenvalue weighted by Crippen LogP contribution is -2.12. The van der Waals surface area contributed by atoms with Crippen LogP contribution in [0.2, 0.25) is 0 Å². The molecule has 1 aromatic rings. The van der Waals surface area contributed by atoms with Crippen LogP contribution in [0.5, 0.6) is 0 Å². The summed E-state index contributed by atoms with van der Waals surface area (Å²) in [4.78, 5) is 0. The van der Waals surface area contributed by atoms with Gasteiger partial charge in [0.25, 0.3) is 0 Å². The molecule has 1 saturated carbocycles. The number of hydrogen-bond acceptors (Lipinski definition) is 1. The van der Waals surface area contributed by atoms with E-state index in [0.29, 0.717) is 5.92 Å². The molecule has 0 saturated heterocycles. The van der Waals surface area contributed by atoms with Crippen LogP contribution in [0.25, 0.3) is 0 Å². The first kappa shape index (κ1) is 10.7. The molecule has 1 nitrogen and oxygen atoms in total. The van der Waals surface area contributed by atoms with Gasteiger partial charge in [0, 0.05) is 0 Å². The zero-order valence-corrected chi connectivity index (χ0v) is 9.83. The molecule has 15 heavy (non-hydrogen) atoms. The lowest BCUT2D eigenvalue weighted by Gasteiger charge is -2.21. The maximum atomic E-state index is 10.3. The summed E-state index contributed by atoms with van der Waals surface area (Å²) in [6, 6.07) is 6.21. The number of hydrogen-bond donors (Lipinski definition) is 1. The van der Waals surface area contributed by atoms with Gasteiger partial charge in [-0.25, -0.2) is 0 Å². The lowest BCUT2D eigenvalue weighted by molar-refractivity contribution is 0.105. The van der Waals surface area contributed by atoms with Crippen LogP contribution in [0, 0.1) is 25.7 Å². The Balaban J connectivity index is 2.24. The first-order valence-electron chi connectivity index (χ1n) is 5.85. The molecule has 0 spiro atoms. The molecule has 2 unspecified atom stereocenters. The van der Waals surface area contributed by atoms with E-state index in [1.165, 1.54) is 24.0 Å². The lowest BCUT2D eigenvalue weighted by atomic mass is 9.89. The van der Waals surface area contributed by atoms with Gasteiger partial charge in [0.2, 0.25) is 0 Å². The van der Waals surface area contributed by atoms with Crippen molar-refractivity contribution in [3.63, 3.8) is 0 Å². The Labute approximate surface area is 92.1 Å². The summed E-state index contributed by atoms with van der Waals surface area (Å²) < 4.78 is 0. The molecular weight excluding hydrogens is 184 g/mol. The standard InChI is InChI=1S/C14H20O/c1-9-5-4-6-13(10(9)2)14(15)11(3)12-7-8-12/h4-6,11-12,14-15H,7-8H2,1-3H3. The Morgan fingerprint density at radius 3 is 2.53 bits per heavy atom. The maximum absolute atomic E-state index is 10.3. The molecule has 1 aliphatic carbocycles. The second-order valence-electron chi connectivity index (χ2n) is 4.93. The van der Waals surface area contributed by atoms with E-state index in [2.05, 4.69) is 32.9 Å². The quantitative estimate of drug-likeness (QED) is 0.800. The van der Waals surface area contributed by atoms with Crippen molar-refractivity contribution in [1.29, 1.82) is 0 Å². The van der Waals surface area contributed by atoms with E-state index in [-0.39, 0.29) is 6.10 Å². The number of benzene rings is 1. The van der Waals surface area contributed by atoms with E-state index in [9.17, 15) is 5.11 Å². The van der Waals surface area contributed by atoms with E-state index in [1.54, 1.807) is 0 Å². The minimum Gasteiger partial charge on any atom is -0.388 e. The topological polar surface area (TPSA) is 20.2 Å². The van der Waals surface area contributed by atoms with Crippen LogP contribution < -0.4 is 0 Å². The van der Waals surface area contributed by atoms with Crippen LogP contribution in [-0.2, 0) is 0 Å². The minimum atomic E-state index is -0.280. The van der Waals surface area contributed by atoms with Gasteiger partial charge in [-0.1, -0.05) is 25.1 Å². The second-order valence-corrected chi connectivity index (χ2v) is 4.93. The van der Waals surface area contributed by atoms with Crippen molar-refractivity contribution < 1.29 is 5.11 Å². The molecule has 1 N–H and O–H groups in total. The summed E-state index contributed by atoms with van der Waals surface area (Å²) in [5.41, 5.74) is 3.64. The number of aliphatic hydroxyl groups excluding tert-OH is 1. The van der Waals surface area contributed by atoms with Crippen molar-refractivity contribution in [3.8, 4) is 0 Å². The van der Waals surface area contributed by atoms with Gasteiger partial charge in [-0.3, -0.25) is 0 Å². The van der Waals surface area contributed by atoms with Crippen molar-refractivity contribution in [2.45, 2.75) is 39.7 Å². The largest absolute Gasteiger partial charge is 0.388 e. The SMILES string of the molecule is Cc1cccc(C(O)C(C)C2CC2)c1C. The van der Waals surface area contributed by atoms with Gasteiger partial charge >= 0.3 is 0 Å². The Kier molecular flexibility index (Phi) is 2.83. The highest BCUT2D eigenvalue weighted by Crippen LogP contribution is 2.43. The second kappa shape index (κ2) is 3.97. The number of rotatable bonds is 3. The van der Waals surface area contributed by atoms with Crippen LogP contribution >= 0.6 is 0 Å². The number of aryl methyl sites for hydroxylation is 1. The molecule has 0 aliphatic heterocycles. The fourth-order valence-corrected chi connectivity index (χ4v) is 2.26. The fourth-order valence-electron chi connectivity index (χ4n) is 2.26. The minimum absolute atomic E-state index is 0.280. The maximum Gasteiger partial charge on any atom is 0.0820 e. The van der Waals surface area contributed by atoms with Gasteiger partial charge in [0.15, 0.2) is 0 Å². The monoisotopic (exact) mass is 204 g/mol. The summed E-state index contributed by atoms with van der Waals surface area (Å²) in [5, 5.41) is 10.3. The number of aliphatic hydroxyl groups is 1. The van der Waals surface area contributed by atoms with Crippen LogP contribution in [-0.4, -0.2) is 5.11 Å². The van der Waals surface area contributed by atoms with Gasteiger partial charge in [-0.05, 0) is 55.2 Å². The Hall–Kier alpha value is -0.820. The zero-order chi connectivity index (χ0) is 11.0. The summed E-state index contributed by atoms with van der Waals surface area (Å²) in [5.74, 6) is 1.16. The highest BCUT2D eigenvalue weighted by molar-refractivity contribution is 5.35. The van der Waals surface area contributed by atoms with Gasteiger partial charge in [-0.2, -0.15) is 0 Å². The molecular formula is C14H20O. The Morgan fingerprint density at radius 2 is 1.93 bits per heavy atom. The normalized spacial score (nSPS) is 20.0. The van der Waals surface area contributed by atoms with Crippen LogP contribution in [0.3, 0.4) is 0 Å². The molecule has 0 aromatic heterocycles. The first-order valence-corrected chi connectivity index (χ1v) is 5.85. The smallest absolute Gasteiger partial charge is 0.0820 e. The summed E-state index contributed by atoms with van der Waals surface area (Å²) >= 11 is 0. The third kappa shape index (κ3) is 2.07. The molecule has 1 fully saturated rings. The fraction of sp³-hybridized carbons (Fsp3) is 0.571. The molecule has 0 bridgehead atoms. The predicted molar refractivity (Wildman–Crippen MR) is 62.8 cm³/mol. The van der Waals surface area contributed by atoms with Crippen molar-refractivity contribution >= 4 is 0 Å². The molecule has 2 atom stereocenters. The summed E-state index contributed by atoms with van der Waals surface area (Å²) in [6.45, 7) is 6.38. The van der Waals surface area contributed by atoms with E-state index in [1.807, 2.05) is 6.07 Å². The molecule has 0 heterocycles. The molecule has 1 aliphatic rings. The molecule has 1 aromatic carbocycles. The molecule has 82 valence electrons. The van der Waals surface area contributed by atoms with Crippen molar-refractivity contribution in [3.05, 3.63) is 34.9 Å². The van der Waals surface area contributed by atoms with Gasteiger partial charge < -0.3 is 5.11 Å². The Morgan fingerprint density at radius 1 is 1.27 bits per heavy atom. The summed E-state index contributed by atoms with van der Waals surface area (Å²) in [7, 11) is 0. The van der Waals surface area contributed by atoms with Gasteiger partial charge in [0.05, 0.1) is 6.10 Å². The third-order valence-electron chi connectivity index (χ3n) is 3.83. The average Bonchev–Trinajstić information content (AvgIpc) is 3.03. The van der Waals surface area contributed by atoms with Crippen LogP contribution in [0.4, 0.5) is 0 Å². The predicted octanol–water partition coefficient (Wildman–Crippen LogP) is 3.38. The Bertz CT molecular complexity index is 352. The molecule has 1 heteroatoms. The van der Waals surface area contributed by atoms with E-state index in [4.69, 9.17) is 0 Å². The molecule has 0 amide bonds. The van der Waals surface area contributed by atoms with E-state index in [0.717, 1.165) is 11.5 Å². The first-order chi connectivity index (χ1) is 7.11. The zero-order valence-electron chi connectivity index (χ0n) is 9.83. The van der Waals surface area contributed by atoms with Crippen molar-refractivity contribution in [1.82, 2.24) is 0 Å². The van der Waals surface area contributed by atoms with Crippen molar-refractivity contribution in [2.75, 3.05) is 0 Å². The highest BCUT2D eigenvalue weighted by atomic mass is 16.3. The molecule has 0 radical (unpaired) electrons.